The zero-order valence-electron chi connectivity index (χ0n) is 14.8. The van der Waals surface area contributed by atoms with Gasteiger partial charge in [0.15, 0.2) is 17.3 Å². The molecule has 1 aliphatic carbocycles. The number of halogens is 2. The number of likely N-dealkylation sites (tertiary alicyclic amines) is 1. The fourth-order valence-corrected chi connectivity index (χ4v) is 3.86. The first-order valence-electron chi connectivity index (χ1n) is 9.08. The number of hydrogen-bond donors (Lipinski definition) is 1. The molecule has 0 unspecified atom stereocenters. The average molecular weight is 360 g/mol. The highest BCUT2D eigenvalue weighted by molar-refractivity contribution is 5.94. The number of amides is 1. The standard InChI is InChI=1S/C19H22F2N4O/c1-24-9-7-12(8-10-24)22-19(26)18-14-3-2-4-17(14)25(23-18)13-5-6-15(20)16(21)11-13/h5-6,11-12H,2-4,7-10H2,1H3,(H,22,26). The largest absolute Gasteiger partial charge is 0.348 e. The summed E-state index contributed by atoms with van der Waals surface area (Å²) in [7, 11) is 2.08. The molecular formula is C19H22F2N4O. The van der Waals surface area contributed by atoms with Crippen molar-refractivity contribution in [2.24, 2.45) is 0 Å². The Balaban J connectivity index is 1.61. The van der Waals surface area contributed by atoms with Crippen LogP contribution in [-0.2, 0) is 12.8 Å². The number of hydrogen-bond acceptors (Lipinski definition) is 3. The van der Waals surface area contributed by atoms with Crippen molar-refractivity contribution in [1.82, 2.24) is 20.0 Å². The molecule has 1 aliphatic heterocycles. The molecular weight excluding hydrogens is 338 g/mol. The fraction of sp³-hybridized carbons (Fsp3) is 0.474. The average Bonchev–Trinajstić information content (AvgIpc) is 3.22. The zero-order valence-corrected chi connectivity index (χ0v) is 14.8. The van der Waals surface area contributed by atoms with Crippen LogP contribution in [0.4, 0.5) is 8.78 Å². The van der Waals surface area contributed by atoms with Crippen LogP contribution in [-0.4, -0.2) is 46.8 Å². The Morgan fingerprint density at radius 2 is 1.96 bits per heavy atom. The predicted octanol–water partition coefficient (Wildman–Crippen LogP) is 2.46. The van der Waals surface area contributed by atoms with E-state index in [4.69, 9.17) is 0 Å². The minimum atomic E-state index is -0.915. The van der Waals surface area contributed by atoms with E-state index in [-0.39, 0.29) is 11.9 Å². The van der Waals surface area contributed by atoms with Crippen molar-refractivity contribution in [3.05, 3.63) is 46.8 Å². The molecule has 26 heavy (non-hydrogen) atoms. The number of piperidine rings is 1. The lowest BCUT2D eigenvalue weighted by Gasteiger charge is -2.29. The Bertz CT molecular complexity index is 840. The molecule has 5 nitrogen and oxygen atoms in total. The highest BCUT2D eigenvalue weighted by Gasteiger charge is 2.29. The van der Waals surface area contributed by atoms with E-state index in [0.29, 0.717) is 11.4 Å². The summed E-state index contributed by atoms with van der Waals surface area (Å²) in [5.74, 6) is -1.97. The molecule has 7 heteroatoms. The minimum Gasteiger partial charge on any atom is -0.348 e. The molecule has 2 aromatic rings. The molecule has 1 aromatic heterocycles. The van der Waals surface area contributed by atoms with E-state index in [1.165, 1.54) is 6.07 Å². The number of rotatable bonds is 3. The molecule has 0 saturated carbocycles. The molecule has 1 saturated heterocycles. The molecule has 1 N–H and O–H groups in total. The summed E-state index contributed by atoms with van der Waals surface area (Å²) < 4.78 is 28.5. The van der Waals surface area contributed by atoms with Gasteiger partial charge in [0.05, 0.1) is 5.69 Å². The highest BCUT2D eigenvalue weighted by Crippen LogP contribution is 2.28. The van der Waals surface area contributed by atoms with E-state index in [2.05, 4.69) is 22.4 Å². The van der Waals surface area contributed by atoms with Gasteiger partial charge in [-0.15, -0.1) is 0 Å². The van der Waals surface area contributed by atoms with Crippen LogP contribution in [0.1, 0.15) is 41.0 Å². The van der Waals surface area contributed by atoms with Gasteiger partial charge in [-0.1, -0.05) is 0 Å². The Kier molecular flexibility index (Phi) is 4.48. The van der Waals surface area contributed by atoms with Crippen molar-refractivity contribution in [2.45, 2.75) is 38.1 Å². The SMILES string of the molecule is CN1CCC(NC(=O)c2nn(-c3ccc(F)c(F)c3)c3c2CCC3)CC1. The second kappa shape index (κ2) is 6.79. The first kappa shape index (κ1) is 17.1. The summed E-state index contributed by atoms with van der Waals surface area (Å²) in [5.41, 5.74) is 2.71. The Labute approximate surface area is 151 Å². The normalized spacial score (nSPS) is 18.1. The lowest BCUT2D eigenvalue weighted by atomic mass is 10.1. The van der Waals surface area contributed by atoms with Gasteiger partial charge in [-0.25, -0.2) is 13.5 Å². The fourth-order valence-electron chi connectivity index (χ4n) is 3.86. The molecule has 2 heterocycles. The summed E-state index contributed by atoms with van der Waals surface area (Å²) >= 11 is 0. The third kappa shape index (κ3) is 3.11. The van der Waals surface area contributed by atoms with E-state index in [9.17, 15) is 13.6 Å². The van der Waals surface area contributed by atoms with Crippen LogP contribution in [0.15, 0.2) is 18.2 Å². The summed E-state index contributed by atoms with van der Waals surface area (Å²) in [6, 6.07) is 3.86. The molecule has 1 aromatic carbocycles. The van der Waals surface area contributed by atoms with Crippen LogP contribution < -0.4 is 5.32 Å². The second-order valence-electron chi connectivity index (χ2n) is 7.19. The number of aromatic nitrogens is 2. The summed E-state index contributed by atoms with van der Waals surface area (Å²) in [6.07, 6.45) is 4.35. The van der Waals surface area contributed by atoms with E-state index < -0.39 is 11.6 Å². The van der Waals surface area contributed by atoms with Crippen molar-refractivity contribution in [1.29, 1.82) is 0 Å². The van der Waals surface area contributed by atoms with Gasteiger partial charge in [0.1, 0.15) is 0 Å². The molecule has 0 radical (unpaired) electrons. The third-order valence-electron chi connectivity index (χ3n) is 5.35. The molecule has 0 atom stereocenters. The van der Waals surface area contributed by atoms with E-state index in [0.717, 1.165) is 68.6 Å². The van der Waals surface area contributed by atoms with Crippen molar-refractivity contribution in [2.75, 3.05) is 20.1 Å². The van der Waals surface area contributed by atoms with Crippen LogP contribution in [0.3, 0.4) is 0 Å². The number of carbonyl (C=O) groups excluding carboxylic acids is 1. The molecule has 138 valence electrons. The monoisotopic (exact) mass is 360 g/mol. The maximum atomic E-state index is 13.6. The molecule has 1 amide bonds. The van der Waals surface area contributed by atoms with Gasteiger partial charge < -0.3 is 10.2 Å². The summed E-state index contributed by atoms with van der Waals surface area (Å²) in [5, 5.41) is 7.55. The smallest absolute Gasteiger partial charge is 0.272 e. The van der Waals surface area contributed by atoms with Crippen LogP contribution in [0.25, 0.3) is 5.69 Å². The van der Waals surface area contributed by atoms with Crippen molar-refractivity contribution in [3.8, 4) is 5.69 Å². The zero-order chi connectivity index (χ0) is 18.3. The maximum Gasteiger partial charge on any atom is 0.272 e. The Hall–Kier alpha value is -2.28. The van der Waals surface area contributed by atoms with Gasteiger partial charge in [0, 0.05) is 23.4 Å². The van der Waals surface area contributed by atoms with Gasteiger partial charge >= 0.3 is 0 Å². The summed E-state index contributed by atoms with van der Waals surface area (Å²) in [6.45, 7) is 1.93. The molecule has 2 aliphatic rings. The van der Waals surface area contributed by atoms with Crippen molar-refractivity contribution in [3.63, 3.8) is 0 Å². The number of nitrogens with zero attached hydrogens (tertiary/aromatic N) is 3. The lowest BCUT2D eigenvalue weighted by molar-refractivity contribution is 0.0910. The van der Waals surface area contributed by atoms with Crippen LogP contribution in [0.5, 0.6) is 0 Å². The topological polar surface area (TPSA) is 50.2 Å². The molecule has 4 rings (SSSR count). The van der Waals surface area contributed by atoms with E-state index in [1.54, 1.807) is 4.68 Å². The molecule has 1 fully saturated rings. The van der Waals surface area contributed by atoms with Gasteiger partial charge in [0.25, 0.3) is 5.91 Å². The number of nitrogens with one attached hydrogen (secondary N) is 1. The third-order valence-corrected chi connectivity index (χ3v) is 5.35. The minimum absolute atomic E-state index is 0.157. The van der Waals surface area contributed by atoms with E-state index >= 15 is 0 Å². The van der Waals surface area contributed by atoms with Crippen molar-refractivity contribution < 1.29 is 13.6 Å². The second-order valence-corrected chi connectivity index (χ2v) is 7.19. The molecule has 0 bridgehead atoms. The quantitative estimate of drug-likeness (QED) is 0.915. The first-order valence-corrected chi connectivity index (χ1v) is 9.08. The Morgan fingerprint density at radius 3 is 2.69 bits per heavy atom. The van der Waals surface area contributed by atoms with Gasteiger partial charge in [0.2, 0.25) is 0 Å². The first-order chi connectivity index (χ1) is 12.5. The van der Waals surface area contributed by atoms with Crippen LogP contribution in [0, 0.1) is 11.6 Å². The number of benzene rings is 1. The van der Waals surface area contributed by atoms with Crippen LogP contribution in [0.2, 0.25) is 0 Å². The Morgan fingerprint density at radius 1 is 1.19 bits per heavy atom. The highest BCUT2D eigenvalue weighted by atomic mass is 19.2. The van der Waals surface area contributed by atoms with Gasteiger partial charge in [-0.05, 0) is 64.4 Å². The predicted molar refractivity (Wildman–Crippen MR) is 93.5 cm³/mol. The summed E-state index contributed by atoms with van der Waals surface area (Å²) in [4.78, 5) is 15.0. The number of fused-ring (bicyclic) bond motifs is 1. The van der Waals surface area contributed by atoms with Crippen LogP contribution >= 0.6 is 0 Å². The number of carbonyl (C=O) groups is 1. The van der Waals surface area contributed by atoms with Gasteiger partial charge in [-0.2, -0.15) is 5.10 Å². The van der Waals surface area contributed by atoms with Gasteiger partial charge in [-0.3, -0.25) is 4.79 Å². The van der Waals surface area contributed by atoms with Crippen molar-refractivity contribution >= 4 is 5.91 Å². The molecule has 0 spiro atoms. The lowest BCUT2D eigenvalue weighted by Crippen LogP contribution is -2.43. The van der Waals surface area contributed by atoms with E-state index in [1.807, 2.05) is 0 Å². The maximum absolute atomic E-state index is 13.6.